The highest BCUT2D eigenvalue weighted by atomic mass is 32.2. The Balaban J connectivity index is 2.01. The van der Waals surface area contributed by atoms with Crippen molar-refractivity contribution < 1.29 is 4.79 Å². The van der Waals surface area contributed by atoms with E-state index in [2.05, 4.69) is 11.4 Å². The van der Waals surface area contributed by atoms with E-state index in [1.54, 1.807) is 11.8 Å². The van der Waals surface area contributed by atoms with E-state index in [0.29, 0.717) is 12.1 Å². The molecule has 1 N–H and O–H groups in total. The summed E-state index contributed by atoms with van der Waals surface area (Å²) in [6, 6.07) is 19.2. The molecule has 21 heavy (non-hydrogen) atoms. The number of hydrogen-bond acceptors (Lipinski definition) is 3. The zero-order valence-corrected chi connectivity index (χ0v) is 12.6. The summed E-state index contributed by atoms with van der Waals surface area (Å²) in [4.78, 5) is 13.3. The Morgan fingerprint density at radius 3 is 2.43 bits per heavy atom. The molecular weight excluding hydrogens is 280 g/mol. The van der Waals surface area contributed by atoms with Crippen molar-refractivity contribution in [1.82, 2.24) is 0 Å². The van der Waals surface area contributed by atoms with Crippen LogP contribution in [0.4, 0.5) is 5.69 Å². The Hall–Kier alpha value is -2.25. The fourth-order valence-electron chi connectivity index (χ4n) is 1.95. The normalized spacial score (nSPS) is 11.4. The lowest BCUT2D eigenvalue weighted by atomic mass is 10.00. The van der Waals surface area contributed by atoms with Crippen molar-refractivity contribution in [2.45, 2.75) is 11.3 Å². The van der Waals surface area contributed by atoms with Crippen LogP contribution >= 0.6 is 11.8 Å². The Labute approximate surface area is 129 Å². The highest BCUT2D eigenvalue weighted by Gasteiger charge is 2.18. The van der Waals surface area contributed by atoms with Gasteiger partial charge in [-0.2, -0.15) is 5.26 Å². The molecule has 0 aliphatic carbocycles. The molecular formula is C17H16N2OS. The second-order valence-corrected chi connectivity index (χ2v) is 5.47. The standard InChI is InChI=1S/C17H16N2OS/c1-21-16-9-7-15(8-10-16)19-17(20)14(12-18)11-13-5-3-2-4-6-13/h2-10,14H,11H2,1H3,(H,19,20). The molecule has 2 aromatic carbocycles. The van der Waals surface area contributed by atoms with Crippen molar-refractivity contribution in [3.8, 4) is 6.07 Å². The summed E-state index contributed by atoms with van der Waals surface area (Å²) in [5.74, 6) is -0.953. The minimum atomic E-state index is -0.687. The van der Waals surface area contributed by atoms with Gasteiger partial charge in [0.05, 0.1) is 6.07 Å². The van der Waals surface area contributed by atoms with Gasteiger partial charge in [-0.25, -0.2) is 0 Å². The minimum absolute atomic E-state index is 0.266. The molecule has 4 heteroatoms. The SMILES string of the molecule is CSc1ccc(NC(=O)C(C#N)Cc2ccccc2)cc1. The third-order valence-electron chi connectivity index (χ3n) is 3.11. The number of rotatable bonds is 5. The number of thioether (sulfide) groups is 1. The first-order chi connectivity index (χ1) is 10.2. The molecule has 3 nitrogen and oxygen atoms in total. The zero-order valence-electron chi connectivity index (χ0n) is 11.7. The predicted octanol–water partition coefficient (Wildman–Crippen LogP) is 3.73. The van der Waals surface area contributed by atoms with Gasteiger partial charge in [-0.05, 0) is 42.5 Å². The fraction of sp³-hybridized carbons (Fsp3) is 0.176. The molecule has 0 aliphatic rings. The van der Waals surface area contributed by atoms with E-state index in [1.807, 2.05) is 60.9 Å². The lowest BCUT2D eigenvalue weighted by molar-refractivity contribution is -0.118. The van der Waals surface area contributed by atoms with Crippen molar-refractivity contribution in [3.05, 3.63) is 60.2 Å². The number of nitriles is 1. The maximum Gasteiger partial charge on any atom is 0.242 e. The largest absolute Gasteiger partial charge is 0.325 e. The summed E-state index contributed by atoms with van der Waals surface area (Å²) in [5, 5.41) is 12.0. The van der Waals surface area contributed by atoms with Crippen molar-refractivity contribution in [2.75, 3.05) is 11.6 Å². The van der Waals surface area contributed by atoms with Crippen LogP contribution in [0, 0.1) is 17.2 Å². The van der Waals surface area contributed by atoms with Crippen LogP contribution < -0.4 is 5.32 Å². The maximum atomic E-state index is 12.2. The fourth-order valence-corrected chi connectivity index (χ4v) is 2.36. The van der Waals surface area contributed by atoms with Crippen LogP contribution in [0.1, 0.15) is 5.56 Å². The third-order valence-corrected chi connectivity index (χ3v) is 3.86. The van der Waals surface area contributed by atoms with Gasteiger partial charge in [-0.1, -0.05) is 30.3 Å². The van der Waals surface area contributed by atoms with Crippen molar-refractivity contribution in [1.29, 1.82) is 5.26 Å². The van der Waals surface area contributed by atoms with Gasteiger partial charge in [0.1, 0.15) is 5.92 Å². The van der Waals surface area contributed by atoms with Gasteiger partial charge < -0.3 is 5.32 Å². The van der Waals surface area contributed by atoms with Crippen LogP contribution in [0.2, 0.25) is 0 Å². The van der Waals surface area contributed by atoms with Gasteiger partial charge in [0, 0.05) is 10.6 Å². The Kier molecular flexibility index (Phi) is 5.42. The Morgan fingerprint density at radius 2 is 1.86 bits per heavy atom. The van der Waals surface area contributed by atoms with Crippen LogP contribution in [-0.2, 0) is 11.2 Å². The summed E-state index contributed by atoms with van der Waals surface area (Å²) in [6.45, 7) is 0. The third kappa shape index (κ3) is 4.37. The number of amides is 1. The van der Waals surface area contributed by atoms with E-state index in [4.69, 9.17) is 0 Å². The number of benzene rings is 2. The van der Waals surface area contributed by atoms with E-state index in [1.165, 1.54) is 0 Å². The van der Waals surface area contributed by atoms with Crippen molar-refractivity contribution in [2.24, 2.45) is 5.92 Å². The molecule has 1 unspecified atom stereocenters. The summed E-state index contributed by atoms with van der Waals surface area (Å²) in [5.41, 5.74) is 1.70. The second-order valence-electron chi connectivity index (χ2n) is 4.59. The smallest absolute Gasteiger partial charge is 0.242 e. The molecule has 0 heterocycles. The second kappa shape index (κ2) is 7.51. The molecule has 2 rings (SSSR count). The van der Waals surface area contributed by atoms with Crippen LogP contribution in [-0.4, -0.2) is 12.2 Å². The average molecular weight is 296 g/mol. The summed E-state index contributed by atoms with van der Waals surface area (Å²) in [6.07, 6.45) is 2.42. The molecule has 2 aromatic rings. The lowest BCUT2D eigenvalue weighted by Crippen LogP contribution is -2.23. The first-order valence-corrected chi connectivity index (χ1v) is 7.84. The molecule has 0 saturated heterocycles. The predicted molar refractivity (Wildman–Crippen MR) is 86.1 cm³/mol. The maximum absolute atomic E-state index is 12.2. The highest BCUT2D eigenvalue weighted by molar-refractivity contribution is 7.98. The van der Waals surface area contributed by atoms with Crippen LogP contribution in [0.3, 0.4) is 0 Å². The van der Waals surface area contributed by atoms with Crippen molar-refractivity contribution in [3.63, 3.8) is 0 Å². The minimum Gasteiger partial charge on any atom is -0.325 e. The zero-order chi connectivity index (χ0) is 15.1. The van der Waals surface area contributed by atoms with E-state index in [0.717, 1.165) is 10.5 Å². The molecule has 0 spiro atoms. The molecule has 0 aliphatic heterocycles. The van der Waals surface area contributed by atoms with E-state index in [9.17, 15) is 10.1 Å². The molecule has 0 saturated carbocycles. The number of nitrogens with one attached hydrogen (secondary N) is 1. The quantitative estimate of drug-likeness (QED) is 0.855. The van der Waals surface area contributed by atoms with Gasteiger partial charge in [-0.15, -0.1) is 11.8 Å². The summed E-state index contributed by atoms with van der Waals surface area (Å²) >= 11 is 1.64. The number of nitrogens with zero attached hydrogens (tertiary/aromatic N) is 1. The monoisotopic (exact) mass is 296 g/mol. The average Bonchev–Trinajstić information content (AvgIpc) is 2.54. The van der Waals surface area contributed by atoms with Crippen LogP contribution in [0.15, 0.2) is 59.5 Å². The molecule has 0 fully saturated rings. The number of carbonyl (C=O) groups is 1. The van der Waals surface area contributed by atoms with Gasteiger partial charge >= 0.3 is 0 Å². The molecule has 0 radical (unpaired) electrons. The molecule has 106 valence electrons. The Morgan fingerprint density at radius 1 is 1.19 bits per heavy atom. The first kappa shape index (κ1) is 15.1. The molecule has 0 aromatic heterocycles. The summed E-state index contributed by atoms with van der Waals surface area (Å²) < 4.78 is 0. The lowest BCUT2D eigenvalue weighted by Gasteiger charge is -2.10. The topological polar surface area (TPSA) is 52.9 Å². The van der Waals surface area contributed by atoms with Gasteiger partial charge in [0.25, 0.3) is 0 Å². The molecule has 1 amide bonds. The van der Waals surface area contributed by atoms with E-state index < -0.39 is 5.92 Å². The first-order valence-electron chi connectivity index (χ1n) is 6.61. The number of anilines is 1. The van der Waals surface area contributed by atoms with Crippen LogP contribution in [0.5, 0.6) is 0 Å². The van der Waals surface area contributed by atoms with Gasteiger partial charge in [-0.3, -0.25) is 4.79 Å². The van der Waals surface area contributed by atoms with E-state index >= 15 is 0 Å². The Bertz CT molecular complexity index is 632. The molecule has 1 atom stereocenters. The number of carbonyl (C=O) groups excluding carboxylic acids is 1. The van der Waals surface area contributed by atoms with Crippen molar-refractivity contribution >= 4 is 23.4 Å². The summed E-state index contributed by atoms with van der Waals surface area (Å²) in [7, 11) is 0. The van der Waals surface area contributed by atoms with Gasteiger partial charge in [0.15, 0.2) is 0 Å². The molecule has 0 bridgehead atoms. The van der Waals surface area contributed by atoms with Crippen LogP contribution in [0.25, 0.3) is 0 Å². The number of hydrogen-bond donors (Lipinski definition) is 1. The van der Waals surface area contributed by atoms with Gasteiger partial charge in [0.2, 0.25) is 5.91 Å². The highest BCUT2D eigenvalue weighted by Crippen LogP contribution is 2.18. The van der Waals surface area contributed by atoms with E-state index in [-0.39, 0.29) is 5.91 Å².